The second-order valence-corrected chi connectivity index (χ2v) is 24.8. The molecule has 0 bridgehead atoms. The van der Waals surface area contributed by atoms with E-state index >= 15 is 0 Å². The number of rotatable bonds is 1. The molecule has 0 unspecified atom stereocenters. The van der Waals surface area contributed by atoms with E-state index in [1.807, 2.05) is 0 Å². The molecule has 0 saturated heterocycles. The summed E-state index contributed by atoms with van der Waals surface area (Å²) in [4.78, 5) is 0. The summed E-state index contributed by atoms with van der Waals surface area (Å²) in [5.41, 5.74) is 0.687. The van der Waals surface area contributed by atoms with Gasteiger partial charge in [-0.15, -0.1) is 0 Å². The number of hydrogen-bond acceptors (Lipinski definition) is 0. The van der Waals surface area contributed by atoms with Crippen molar-refractivity contribution in [2.24, 2.45) is 0 Å². The molecule has 0 amide bonds. The fourth-order valence-electron chi connectivity index (χ4n) is 0. The summed E-state index contributed by atoms with van der Waals surface area (Å²) in [5.74, 6) is 0. The van der Waals surface area contributed by atoms with Gasteiger partial charge >= 0.3 is 0 Å². The molecule has 0 atom stereocenters. The Morgan fingerprint density at radius 2 is 1.29 bits per heavy atom. The first-order chi connectivity index (χ1) is 2.94. The van der Waals surface area contributed by atoms with Gasteiger partial charge in [-0.25, -0.2) is 0 Å². The normalized spacial score (nSPS) is 12.9. The summed E-state index contributed by atoms with van der Waals surface area (Å²) in [6.07, 6.45) is 0. The first-order valence-corrected chi connectivity index (χ1v) is 10.9. The zero-order valence-electron chi connectivity index (χ0n) is 4.21. The molecule has 0 N–H and O–H groups in total. The zero-order valence-corrected chi connectivity index (χ0v) is 9.97. The van der Waals surface area contributed by atoms with Crippen molar-refractivity contribution in [2.45, 2.75) is 19.4 Å². The highest BCUT2D eigenvalue weighted by Gasteiger charge is 2.26. The minimum Gasteiger partial charge on any atom is -0.0961 e. The van der Waals surface area contributed by atoms with Crippen LogP contribution in [0.25, 0.3) is 0 Å². The second-order valence-electron chi connectivity index (χ2n) is 1.70. The Labute approximate surface area is 68.8 Å². The molecule has 0 heterocycles. The Bertz CT molecular complexity index is 55.7. The summed E-state index contributed by atoms with van der Waals surface area (Å²) in [5, 5.41) is 0. The average molecular weight is 311 g/mol. The molecule has 0 aliphatic rings. The van der Waals surface area contributed by atoms with Crippen LogP contribution in [0.1, 0.15) is 13.8 Å². The lowest BCUT2D eigenvalue weighted by Crippen LogP contribution is -2.10. The van der Waals surface area contributed by atoms with E-state index in [4.69, 9.17) is 0 Å². The molecule has 0 saturated carbocycles. The monoisotopic (exact) mass is 308 g/mol. The van der Waals surface area contributed by atoms with E-state index in [1.54, 1.807) is 0 Å². The third-order valence-corrected chi connectivity index (χ3v) is 10.2. The Morgan fingerprint density at radius 1 is 1.14 bits per heavy atom. The van der Waals surface area contributed by atoms with Gasteiger partial charge < -0.3 is 0 Å². The lowest BCUT2D eigenvalue weighted by Gasteiger charge is -2.11. The lowest BCUT2D eigenvalue weighted by molar-refractivity contribution is 1.07. The van der Waals surface area contributed by atoms with Gasteiger partial charge in [0.2, 0.25) is 0 Å². The third kappa shape index (κ3) is 4.18. The fraction of sp³-hybridized carbons (Fsp3) is 1.00. The SMILES string of the molecule is CC(C)[Si](Br)(Br)Br. The minimum absolute atomic E-state index is 0.687. The molecule has 0 aromatic rings. The highest BCUT2D eigenvalue weighted by molar-refractivity contribution is 9.72. The summed E-state index contributed by atoms with van der Waals surface area (Å²) >= 11 is 10.5. The van der Waals surface area contributed by atoms with Gasteiger partial charge in [0.25, 0.3) is 3.93 Å². The van der Waals surface area contributed by atoms with Crippen molar-refractivity contribution < 1.29 is 0 Å². The molecule has 0 rings (SSSR count). The first-order valence-electron chi connectivity index (χ1n) is 2.01. The van der Waals surface area contributed by atoms with Crippen LogP contribution in [0.4, 0.5) is 0 Å². The van der Waals surface area contributed by atoms with Gasteiger partial charge in [0, 0.05) is 0 Å². The maximum absolute atomic E-state index is 3.52. The molecular weight excluding hydrogens is 304 g/mol. The second kappa shape index (κ2) is 2.99. The van der Waals surface area contributed by atoms with Crippen molar-refractivity contribution >= 4 is 49.8 Å². The van der Waals surface area contributed by atoms with E-state index < -0.39 is 3.93 Å². The molecule has 0 aliphatic heterocycles. The molecular formula is C3H7Br3Si. The van der Waals surface area contributed by atoms with Crippen LogP contribution in [0.15, 0.2) is 0 Å². The van der Waals surface area contributed by atoms with Crippen LogP contribution in [-0.4, -0.2) is 3.93 Å². The van der Waals surface area contributed by atoms with E-state index in [9.17, 15) is 0 Å². The first kappa shape index (κ1) is 8.66. The Kier molecular flexibility index (Phi) is 3.69. The van der Waals surface area contributed by atoms with Gasteiger partial charge in [-0.3, -0.25) is 0 Å². The van der Waals surface area contributed by atoms with E-state index in [0.29, 0.717) is 5.54 Å². The van der Waals surface area contributed by atoms with Gasteiger partial charge in [0.15, 0.2) is 0 Å². The maximum Gasteiger partial charge on any atom is 0.269 e. The van der Waals surface area contributed by atoms with Crippen LogP contribution in [0.2, 0.25) is 5.54 Å². The molecule has 0 spiro atoms. The maximum atomic E-state index is 3.52. The van der Waals surface area contributed by atoms with Gasteiger partial charge in [-0.05, 0) is 5.54 Å². The van der Waals surface area contributed by atoms with Gasteiger partial charge in [-0.1, -0.05) is 59.7 Å². The highest BCUT2D eigenvalue weighted by atomic mass is 80.0. The Hall–Kier alpha value is 1.66. The van der Waals surface area contributed by atoms with Crippen LogP contribution in [-0.2, 0) is 0 Å². The smallest absolute Gasteiger partial charge is 0.0961 e. The minimum atomic E-state index is -1.30. The van der Waals surface area contributed by atoms with Gasteiger partial charge in [0.05, 0.1) is 0 Å². The molecule has 0 fully saturated rings. The molecule has 4 heteroatoms. The summed E-state index contributed by atoms with van der Waals surface area (Å²) in [6.45, 7) is 4.34. The average Bonchev–Trinajstić information content (AvgIpc) is 1.31. The predicted molar refractivity (Wildman–Crippen MR) is 47.6 cm³/mol. The quantitative estimate of drug-likeness (QED) is 0.513. The summed E-state index contributed by atoms with van der Waals surface area (Å²) in [7, 11) is 0. The topological polar surface area (TPSA) is 0 Å². The molecule has 0 aromatic heterocycles. The van der Waals surface area contributed by atoms with Crippen molar-refractivity contribution in [1.82, 2.24) is 0 Å². The van der Waals surface area contributed by atoms with Crippen LogP contribution >= 0.6 is 45.9 Å². The molecule has 7 heavy (non-hydrogen) atoms. The van der Waals surface area contributed by atoms with Crippen molar-refractivity contribution in [3.8, 4) is 0 Å². The molecule has 0 aromatic carbocycles. The van der Waals surface area contributed by atoms with Crippen molar-refractivity contribution in [3.63, 3.8) is 0 Å². The van der Waals surface area contributed by atoms with Crippen molar-refractivity contribution in [2.75, 3.05) is 0 Å². The van der Waals surface area contributed by atoms with Crippen molar-refractivity contribution in [3.05, 3.63) is 0 Å². The summed E-state index contributed by atoms with van der Waals surface area (Å²) < 4.78 is -1.30. The Morgan fingerprint density at radius 3 is 1.29 bits per heavy atom. The van der Waals surface area contributed by atoms with Crippen LogP contribution in [0.3, 0.4) is 0 Å². The standard InChI is InChI=1S/C3H7Br3Si/c1-3(2)7(4,5)6/h3H,1-2H3. The predicted octanol–water partition coefficient (Wildman–Crippen LogP) is 3.52. The molecule has 0 nitrogen and oxygen atoms in total. The largest absolute Gasteiger partial charge is 0.269 e. The number of hydrogen-bond donors (Lipinski definition) is 0. The van der Waals surface area contributed by atoms with E-state index in [0.717, 1.165) is 0 Å². The van der Waals surface area contributed by atoms with E-state index in [2.05, 4.69) is 59.7 Å². The Balaban J connectivity index is 3.54. The van der Waals surface area contributed by atoms with Crippen molar-refractivity contribution in [1.29, 1.82) is 0 Å². The van der Waals surface area contributed by atoms with E-state index in [-0.39, 0.29) is 0 Å². The molecule has 0 aliphatic carbocycles. The third-order valence-electron chi connectivity index (χ3n) is 0.655. The van der Waals surface area contributed by atoms with Crippen LogP contribution in [0, 0.1) is 0 Å². The van der Waals surface area contributed by atoms with Gasteiger partial charge in [-0.2, -0.15) is 0 Å². The highest BCUT2D eigenvalue weighted by Crippen LogP contribution is 2.38. The van der Waals surface area contributed by atoms with Crippen LogP contribution < -0.4 is 0 Å². The summed E-state index contributed by atoms with van der Waals surface area (Å²) in [6, 6.07) is 0. The lowest BCUT2D eigenvalue weighted by atomic mass is 10.6. The zero-order chi connectivity index (χ0) is 6.08. The van der Waals surface area contributed by atoms with Crippen LogP contribution in [0.5, 0.6) is 0 Å². The number of halogens is 3. The fourth-order valence-corrected chi connectivity index (χ4v) is 0. The van der Waals surface area contributed by atoms with Gasteiger partial charge in [0.1, 0.15) is 0 Å². The molecule has 44 valence electrons. The molecule has 0 radical (unpaired) electrons. The van der Waals surface area contributed by atoms with E-state index in [1.165, 1.54) is 0 Å².